The van der Waals surface area contributed by atoms with Gasteiger partial charge in [0.05, 0.1) is 6.54 Å². The first-order valence-electron chi connectivity index (χ1n) is 9.73. The molecule has 2 aliphatic heterocycles. The Kier molecular flexibility index (Phi) is 4.95. The largest absolute Gasteiger partial charge is 0.433 e. The monoisotopic (exact) mass is 409 g/mol. The first kappa shape index (κ1) is 19.7. The van der Waals surface area contributed by atoms with Crippen molar-refractivity contribution in [2.45, 2.75) is 51.4 Å². The normalized spacial score (nSPS) is 22.0. The van der Waals surface area contributed by atoms with E-state index in [0.29, 0.717) is 43.2 Å². The second-order valence-electron chi connectivity index (χ2n) is 7.86. The standard InChI is InChI=1S/C19H22F3N5O2/c1-12-7-8-25(10-12)17(28)14-3-2-4-16-24-26(18(29)27(14)16)11-13-5-6-15(23-9-13)19(20,21)22/h5-6,9,12,14H,2-4,7-8,10-11H2,1H3/t12-,14-/m0/s1. The van der Waals surface area contributed by atoms with Crippen LogP contribution in [0, 0.1) is 5.92 Å². The van der Waals surface area contributed by atoms with E-state index in [1.165, 1.54) is 15.3 Å². The van der Waals surface area contributed by atoms with Gasteiger partial charge in [-0.25, -0.2) is 9.48 Å². The van der Waals surface area contributed by atoms with Crippen LogP contribution in [0.3, 0.4) is 0 Å². The third kappa shape index (κ3) is 3.79. The fraction of sp³-hybridized carbons (Fsp3) is 0.579. The minimum absolute atomic E-state index is 0.00558. The van der Waals surface area contributed by atoms with E-state index >= 15 is 0 Å². The molecule has 4 heterocycles. The van der Waals surface area contributed by atoms with Gasteiger partial charge in [-0.1, -0.05) is 13.0 Å². The molecule has 2 atom stereocenters. The molecule has 156 valence electrons. The lowest BCUT2D eigenvalue weighted by Crippen LogP contribution is -2.41. The molecule has 2 aliphatic rings. The number of alkyl halides is 3. The molecule has 0 radical (unpaired) electrons. The molecule has 1 amide bonds. The molecule has 0 aliphatic carbocycles. The molecule has 0 aromatic carbocycles. The number of rotatable bonds is 3. The second kappa shape index (κ2) is 7.31. The lowest BCUT2D eigenvalue weighted by molar-refractivity contribution is -0.141. The van der Waals surface area contributed by atoms with Crippen LogP contribution in [0.25, 0.3) is 0 Å². The van der Waals surface area contributed by atoms with E-state index in [1.54, 1.807) is 0 Å². The quantitative estimate of drug-likeness (QED) is 0.780. The number of carbonyl (C=O) groups excluding carboxylic acids is 1. The first-order chi connectivity index (χ1) is 13.7. The van der Waals surface area contributed by atoms with Crippen LogP contribution < -0.4 is 5.69 Å². The van der Waals surface area contributed by atoms with Gasteiger partial charge in [-0.15, -0.1) is 0 Å². The maximum atomic E-state index is 13.0. The van der Waals surface area contributed by atoms with Gasteiger partial charge in [0.2, 0.25) is 5.91 Å². The highest BCUT2D eigenvalue weighted by molar-refractivity contribution is 5.81. The Morgan fingerprint density at radius 3 is 2.69 bits per heavy atom. The predicted molar refractivity (Wildman–Crippen MR) is 97.2 cm³/mol. The molecule has 7 nitrogen and oxygen atoms in total. The Labute approximate surface area is 165 Å². The van der Waals surface area contributed by atoms with Crippen LogP contribution >= 0.6 is 0 Å². The lowest BCUT2D eigenvalue weighted by atomic mass is 10.0. The average molecular weight is 409 g/mol. The van der Waals surface area contributed by atoms with Crippen molar-refractivity contribution in [2.75, 3.05) is 13.1 Å². The Balaban J connectivity index is 1.58. The molecule has 0 saturated carbocycles. The van der Waals surface area contributed by atoms with E-state index in [4.69, 9.17) is 0 Å². The molecule has 0 bridgehead atoms. The van der Waals surface area contributed by atoms with Crippen LogP contribution in [0.1, 0.15) is 49.3 Å². The number of hydrogen-bond acceptors (Lipinski definition) is 4. The highest BCUT2D eigenvalue weighted by atomic mass is 19.4. The number of aryl methyl sites for hydroxylation is 1. The van der Waals surface area contributed by atoms with Gasteiger partial charge in [0, 0.05) is 25.7 Å². The zero-order valence-corrected chi connectivity index (χ0v) is 16.0. The number of hydrogen-bond donors (Lipinski definition) is 0. The number of nitrogens with zero attached hydrogens (tertiary/aromatic N) is 5. The van der Waals surface area contributed by atoms with Crippen LogP contribution in [0.5, 0.6) is 0 Å². The van der Waals surface area contributed by atoms with Crippen molar-refractivity contribution in [1.82, 2.24) is 24.2 Å². The van der Waals surface area contributed by atoms with E-state index < -0.39 is 23.6 Å². The van der Waals surface area contributed by atoms with E-state index in [9.17, 15) is 22.8 Å². The van der Waals surface area contributed by atoms with Gasteiger partial charge >= 0.3 is 11.9 Å². The molecule has 4 rings (SSSR count). The molecule has 1 fully saturated rings. The van der Waals surface area contributed by atoms with E-state index in [0.717, 1.165) is 25.1 Å². The second-order valence-corrected chi connectivity index (χ2v) is 7.86. The Morgan fingerprint density at radius 2 is 2.07 bits per heavy atom. The van der Waals surface area contributed by atoms with Crippen molar-refractivity contribution in [3.8, 4) is 0 Å². The van der Waals surface area contributed by atoms with Crippen molar-refractivity contribution in [2.24, 2.45) is 5.92 Å². The zero-order valence-electron chi connectivity index (χ0n) is 16.0. The minimum atomic E-state index is -4.51. The Hall–Kier alpha value is -2.65. The molecule has 1 saturated heterocycles. The summed E-state index contributed by atoms with van der Waals surface area (Å²) < 4.78 is 40.7. The number of amides is 1. The Bertz CT molecular complexity index is 964. The number of pyridine rings is 1. The van der Waals surface area contributed by atoms with Gasteiger partial charge in [-0.05, 0) is 36.8 Å². The van der Waals surface area contributed by atoms with Crippen LogP contribution in [0.2, 0.25) is 0 Å². The highest BCUT2D eigenvalue weighted by Crippen LogP contribution is 2.28. The van der Waals surface area contributed by atoms with Crippen LogP contribution in [0.15, 0.2) is 23.1 Å². The fourth-order valence-corrected chi connectivity index (χ4v) is 4.07. The molecule has 29 heavy (non-hydrogen) atoms. The number of halogens is 3. The first-order valence-corrected chi connectivity index (χ1v) is 9.73. The van der Waals surface area contributed by atoms with Crippen molar-refractivity contribution in [3.05, 3.63) is 45.9 Å². The van der Waals surface area contributed by atoms with Gasteiger partial charge in [0.1, 0.15) is 17.6 Å². The predicted octanol–water partition coefficient (Wildman–Crippen LogP) is 2.25. The summed E-state index contributed by atoms with van der Waals surface area (Å²) in [7, 11) is 0. The highest BCUT2D eigenvalue weighted by Gasteiger charge is 2.35. The summed E-state index contributed by atoms with van der Waals surface area (Å²) in [6.07, 6.45) is -0.512. The molecular weight excluding hydrogens is 387 g/mol. The third-order valence-electron chi connectivity index (χ3n) is 5.60. The van der Waals surface area contributed by atoms with E-state index in [-0.39, 0.29) is 12.5 Å². The topological polar surface area (TPSA) is 73.0 Å². The van der Waals surface area contributed by atoms with Crippen molar-refractivity contribution in [1.29, 1.82) is 0 Å². The van der Waals surface area contributed by atoms with Gasteiger partial charge in [-0.3, -0.25) is 14.3 Å². The van der Waals surface area contributed by atoms with Crippen LogP contribution in [0.4, 0.5) is 13.2 Å². The number of aromatic nitrogens is 4. The Morgan fingerprint density at radius 1 is 1.28 bits per heavy atom. The average Bonchev–Trinajstić information content (AvgIpc) is 3.25. The number of carbonyl (C=O) groups is 1. The van der Waals surface area contributed by atoms with E-state index in [2.05, 4.69) is 17.0 Å². The smallest absolute Gasteiger partial charge is 0.341 e. The van der Waals surface area contributed by atoms with Gasteiger partial charge in [0.15, 0.2) is 0 Å². The van der Waals surface area contributed by atoms with Gasteiger partial charge in [-0.2, -0.15) is 18.3 Å². The molecule has 2 aromatic heterocycles. The summed E-state index contributed by atoms with van der Waals surface area (Å²) in [5.41, 5.74) is -0.958. The number of fused-ring (bicyclic) bond motifs is 1. The van der Waals surface area contributed by atoms with E-state index in [1.807, 2.05) is 4.90 Å². The fourth-order valence-electron chi connectivity index (χ4n) is 4.07. The van der Waals surface area contributed by atoms with Gasteiger partial charge in [0.25, 0.3) is 0 Å². The van der Waals surface area contributed by atoms with Gasteiger partial charge < -0.3 is 4.90 Å². The molecular formula is C19H22F3N5O2. The zero-order chi connectivity index (χ0) is 20.8. The maximum absolute atomic E-state index is 13.0. The lowest BCUT2D eigenvalue weighted by Gasteiger charge is -2.27. The molecule has 0 N–H and O–H groups in total. The summed E-state index contributed by atoms with van der Waals surface area (Å²) in [6, 6.07) is 1.61. The summed E-state index contributed by atoms with van der Waals surface area (Å²) in [5, 5.41) is 4.34. The summed E-state index contributed by atoms with van der Waals surface area (Å²) in [5.74, 6) is 0.952. The molecule has 0 unspecified atom stereocenters. The number of likely N-dealkylation sites (tertiary alicyclic amines) is 1. The summed E-state index contributed by atoms with van der Waals surface area (Å²) in [4.78, 5) is 31.1. The van der Waals surface area contributed by atoms with Crippen LogP contribution in [-0.4, -0.2) is 43.2 Å². The molecule has 10 heteroatoms. The van der Waals surface area contributed by atoms with Crippen molar-refractivity contribution < 1.29 is 18.0 Å². The van der Waals surface area contributed by atoms with Crippen LogP contribution in [-0.2, 0) is 23.9 Å². The van der Waals surface area contributed by atoms with Crippen molar-refractivity contribution in [3.63, 3.8) is 0 Å². The molecule has 2 aromatic rings. The molecule has 0 spiro atoms. The van der Waals surface area contributed by atoms with Crippen molar-refractivity contribution >= 4 is 5.91 Å². The maximum Gasteiger partial charge on any atom is 0.433 e. The minimum Gasteiger partial charge on any atom is -0.341 e. The third-order valence-corrected chi connectivity index (χ3v) is 5.60. The SMILES string of the molecule is C[C@H]1CCN(C(=O)[C@@H]2CCCc3nn(Cc4ccc(C(F)(F)F)nc4)c(=O)n32)C1. The summed E-state index contributed by atoms with van der Waals surface area (Å²) in [6.45, 7) is 3.50. The summed E-state index contributed by atoms with van der Waals surface area (Å²) >= 11 is 0.